The molecule has 5 nitrogen and oxygen atoms in total. The van der Waals surface area contributed by atoms with Gasteiger partial charge in [-0.3, -0.25) is 9.78 Å². The molecule has 32 heavy (non-hydrogen) atoms. The summed E-state index contributed by atoms with van der Waals surface area (Å²) in [6, 6.07) is 7.62. The van der Waals surface area contributed by atoms with Gasteiger partial charge in [0.15, 0.2) is 11.6 Å². The van der Waals surface area contributed by atoms with Crippen LogP contribution in [0.3, 0.4) is 0 Å². The SMILES string of the molecule is Cc1cnc(C)c(-c2cc(F)c3c(c2)CC(CNC(=O)c2ccccc2C(F)(F)F)O3)n1. The minimum absolute atomic E-state index is 0.0713. The molecule has 3 aromatic rings. The summed E-state index contributed by atoms with van der Waals surface area (Å²) in [5.41, 5.74) is 1.58. The lowest BCUT2D eigenvalue weighted by atomic mass is 10.0. The number of carbonyl (C=O) groups excluding carboxylic acids is 1. The Hall–Kier alpha value is -3.49. The predicted octanol–water partition coefficient (Wildman–Crippen LogP) is 4.65. The van der Waals surface area contributed by atoms with Crippen LogP contribution in [0.1, 0.15) is 32.9 Å². The molecule has 1 amide bonds. The van der Waals surface area contributed by atoms with Crippen molar-refractivity contribution in [2.75, 3.05) is 6.54 Å². The molecule has 0 fully saturated rings. The maximum atomic E-state index is 14.7. The highest BCUT2D eigenvalue weighted by atomic mass is 19.4. The Balaban J connectivity index is 1.49. The van der Waals surface area contributed by atoms with Crippen molar-refractivity contribution in [2.24, 2.45) is 0 Å². The molecular weight excluding hydrogens is 426 g/mol. The quantitative estimate of drug-likeness (QED) is 0.594. The van der Waals surface area contributed by atoms with Crippen molar-refractivity contribution in [1.82, 2.24) is 15.3 Å². The van der Waals surface area contributed by atoms with Crippen LogP contribution in [-0.4, -0.2) is 28.5 Å². The molecule has 166 valence electrons. The Kier molecular flexibility index (Phi) is 5.58. The minimum atomic E-state index is -4.65. The third kappa shape index (κ3) is 4.28. The zero-order valence-electron chi connectivity index (χ0n) is 17.3. The summed E-state index contributed by atoms with van der Waals surface area (Å²) >= 11 is 0. The number of ether oxygens (including phenoxy) is 1. The number of nitrogens with one attached hydrogen (secondary N) is 1. The first-order valence-electron chi connectivity index (χ1n) is 9.87. The van der Waals surface area contributed by atoms with Gasteiger partial charge < -0.3 is 10.1 Å². The van der Waals surface area contributed by atoms with Crippen LogP contribution in [0.5, 0.6) is 5.75 Å². The fraction of sp³-hybridized carbons (Fsp3) is 0.261. The first-order chi connectivity index (χ1) is 15.1. The topological polar surface area (TPSA) is 64.1 Å². The molecule has 0 saturated heterocycles. The number of carbonyl (C=O) groups is 1. The summed E-state index contributed by atoms with van der Waals surface area (Å²) in [7, 11) is 0. The van der Waals surface area contributed by atoms with E-state index >= 15 is 0 Å². The third-order valence-electron chi connectivity index (χ3n) is 5.17. The molecule has 1 N–H and O–H groups in total. The number of hydrogen-bond donors (Lipinski definition) is 1. The maximum absolute atomic E-state index is 14.7. The lowest BCUT2D eigenvalue weighted by molar-refractivity contribution is -0.137. The smallest absolute Gasteiger partial charge is 0.417 e. The number of halogens is 4. The fourth-order valence-electron chi connectivity index (χ4n) is 3.68. The van der Waals surface area contributed by atoms with Crippen molar-refractivity contribution in [3.8, 4) is 17.0 Å². The lowest BCUT2D eigenvalue weighted by Gasteiger charge is -2.15. The second-order valence-corrected chi connectivity index (χ2v) is 7.59. The van der Waals surface area contributed by atoms with Gasteiger partial charge in [-0.2, -0.15) is 13.2 Å². The van der Waals surface area contributed by atoms with Crippen molar-refractivity contribution in [1.29, 1.82) is 0 Å². The zero-order valence-corrected chi connectivity index (χ0v) is 17.3. The Morgan fingerprint density at radius 2 is 1.97 bits per heavy atom. The van der Waals surface area contributed by atoms with Crippen molar-refractivity contribution in [3.63, 3.8) is 0 Å². The second-order valence-electron chi connectivity index (χ2n) is 7.59. The molecule has 1 aliphatic rings. The van der Waals surface area contributed by atoms with Crippen LogP contribution in [0.4, 0.5) is 17.6 Å². The van der Waals surface area contributed by atoms with Crippen LogP contribution in [-0.2, 0) is 12.6 Å². The molecule has 9 heteroatoms. The average Bonchev–Trinajstić information content (AvgIpc) is 3.17. The van der Waals surface area contributed by atoms with E-state index in [0.717, 1.165) is 12.1 Å². The van der Waals surface area contributed by atoms with Gasteiger partial charge in [-0.05, 0) is 38.1 Å². The van der Waals surface area contributed by atoms with Crippen molar-refractivity contribution < 1.29 is 27.1 Å². The third-order valence-corrected chi connectivity index (χ3v) is 5.17. The van der Waals surface area contributed by atoms with E-state index in [1.165, 1.54) is 18.2 Å². The molecule has 0 radical (unpaired) electrons. The average molecular weight is 445 g/mol. The van der Waals surface area contributed by atoms with E-state index in [0.29, 0.717) is 34.6 Å². The van der Waals surface area contributed by atoms with Crippen LogP contribution >= 0.6 is 0 Å². The first-order valence-corrected chi connectivity index (χ1v) is 9.87. The van der Waals surface area contributed by atoms with E-state index in [1.807, 2.05) is 0 Å². The summed E-state index contributed by atoms with van der Waals surface area (Å²) < 4.78 is 59.8. The fourth-order valence-corrected chi connectivity index (χ4v) is 3.68. The molecule has 1 aromatic heterocycles. The van der Waals surface area contributed by atoms with Crippen LogP contribution in [0.25, 0.3) is 11.3 Å². The molecule has 0 saturated carbocycles. The number of benzene rings is 2. The number of aryl methyl sites for hydroxylation is 2. The van der Waals surface area contributed by atoms with Gasteiger partial charge in [-0.25, -0.2) is 9.37 Å². The number of nitrogens with zero attached hydrogens (tertiary/aromatic N) is 2. The number of hydrogen-bond acceptors (Lipinski definition) is 4. The molecule has 0 spiro atoms. The van der Waals surface area contributed by atoms with Crippen LogP contribution < -0.4 is 10.1 Å². The zero-order chi connectivity index (χ0) is 23.0. The van der Waals surface area contributed by atoms with Crippen LogP contribution in [0.2, 0.25) is 0 Å². The summed E-state index contributed by atoms with van der Waals surface area (Å²) in [5.74, 6) is -1.37. The summed E-state index contributed by atoms with van der Waals surface area (Å²) in [6.45, 7) is 3.50. The molecule has 0 bridgehead atoms. The first kappa shape index (κ1) is 21.7. The number of amides is 1. The van der Waals surface area contributed by atoms with E-state index in [4.69, 9.17) is 4.74 Å². The van der Waals surface area contributed by atoms with Gasteiger partial charge in [-0.1, -0.05) is 12.1 Å². The summed E-state index contributed by atoms with van der Waals surface area (Å²) in [6.07, 6.45) is -3.34. The van der Waals surface area contributed by atoms with E-state index in [9.17, 15) is 22.4 Å². The van der Waals surface area contributed by atoms with Gasteiger partial charge in [-0.15, -0.1) is 0 Å². The van der Waals surface area contributed by atoms with Gasteiger partial charge in [0.25, 0.3) is 5.91 Å². The molecule has 1 atom stereocenters. The van der Waals surface area contributed by atoms with E-state index in [2.05, 4.69) is 15.3 Å². The van der Waals surface area contributed by atoms with Gasteiger partial charge in [0.1, 0.15) is 6.10 Å². The maximum Gasteiger partial charge on any atom is 0.417 e. The van der Waals surface area contributed by atoms with E-state index in [1.54, 1.807) is 26.1 Å². The van der Waals surface area contributed by atoms with Crippen molar-refractivity contribution in [2.45, 2.75) is 32.5 Å². The van der Waals surface area contributed by atoms with Crippen LogP contribution in [0.15, 0.2) is 42.6 Å². The number of alkyl halides is 3. The second kappa shape index (κ2) is 8.22. The highest BCUT2D eigenvalue weighted by Crippen LogP contribution is 2.36. The Bertz CT molecular complexity index is 1190. The molecule has 1 aliphatic heterocycles. The number of aromatic nitrogens is 2. The monoisotopic (exact) mass is 445 g/mol. The van der Waals surface area contributed by atoms with Gasteiger partial charge in [0.05, 0.1) is 34.8 Å². The summed E-state index contributed by atoms with van der Waals surface area (Å²) in [5, 5.41) is 2.46. The van der Waals surface area contributed by atoms with E-state index < -0.39 is 35.1 Å². The Morgan fingerprint density at radius 3 is 2.72 bits per heavy atom. The Labute approximate surface area is 181 Å². The minimum Gasteiger partial charge on any atom is -0.485 e. The highest BCUT2D eigenvalue weighted by Gasteiger charge is 2.35. The normalized spacial score (nSPS) is 15.2. The van der Waals surface area contributed by atoms with Crippen LogP contribution in [0, 0.1) is 19.7 Å². The molecular formula is C23H19F4N3O2. The van der Waals surface area contributed by atoms with Gasteiger partial charge >= 0.3 is 6.18 Å². The highest BCUT2D eigenvalue weighted by molar-refractivity contribution is 5.95. The Morgan fingerprint density at radius 1 is 1.22 bits per heavy atom. The number of rotatable bonds is 4. The summed E-state index contributed by atoms with van der Waals surface area (Å²) in [4.78, 5) is 21.0. The number of fused-ring (bicyclic) bond motifs is 1. The molecule has 2 aromatic carbocycles. The van der Waals surface area contributed by atoms with Gasteiger partial charge in [0, 0.05) is 23.7 Å². The molecule has 1 unspecified atom stereocenters. The molecule has 0 aliphatic carbocycles. The van der Waals surface area contributed by atoms with Crippen molar-refractivity contribution >= 4 is 5.91 Å². The van der Waals surface area contributed by atoms with Gasteiger partial charge in [0.2, 0.25) is 0 Å². The molecule has 2 heterocycles. The largest absolute Gasteiger partial charge is 0.485 e. The molecule has 4 rings (SSSR count). The standard InChI is InChI=1S/C23H19F4N3O2/c1-12-10-28-13(2)20(30-12)14-7-15-8-16(32-21(15)19(24)9-14)11-29-22(31)17-5-3-4-6-18(17)23(25,26)27/h3-7,9-10,16H,8,11H2,1-2H3,(H,29,31). The van der Waals surface area contributed by atoms with E-state index in [-0.39, 0.29) is 12.3 Å². The van der Waals surface area contributed by atoms with Crippen molar-refractivity contribution in [3.05, 3.63) is 76.5 Å². The lowest BCUT2D eigenvalue weighted by Crippen LogP contribution is -2.35. The predicted molar refractivity (Wildman–Crippen MR) is 109 cm³/mol.